The van der Waals surface area contributed by atoms with E-state index in [1.54, 1.807) is 24.3 Å². The highest BCUT2D eigenvalue weighted by Crippen LogP contribution is 2.61. The molecule has 0 spiro atoms. The molecule has 234 valence electrons. The van der Waals surface area contributed by atoms with Crippen molar-refractivity contribution < 1.29 is 9.90 Å². The van der Waals surface area contributed by atoms with Crippen LogP contribution in [0.15, 0.2) is 46.2 Å². The van der Waals surface area contributed by atoms with Crippen molar-refractivity contribution in [2.75, 3.05) is 18.5 Å². The van der Waals surface area contributed by atoms with Gasteiger partial charge in [-0.2, -0.15) is 0 Å². The number of carbonyl (C=O) groups excluding carboxylic acids is 1. The Morgan fingerprint density at radius 2 is 1.93 bits per heavy atom. The lowest BCUT2D eigenvalue weighted by molar-refractivity contribution is -0.118. The summed E-state index contributed by atoms with van der Waals surface area (Å²) >= 11 is 12.4. The van der Waals surface area contributed by atoms with Crippen LogP contribution in [-0.2, 0) is 17.8 Å². The van der Waals surface area contributed by atoms with Crippen molar-refractivity contribution >= 4 is 57.6 Å². The fourth-order valence-electron chi connectivity index (χ4n) is 7.13. The maximum Gasteiger partial charge on any atom is 0.262 e. The Hall–Kier alpha value is -3.34. The number of amides is 1. The number of aliphatic hydroxyl groups is 1. The van der Waals surface area contributed by atoms with Crippen LogP contribution in [0.3, 0.4) is 0 Å². The Balaban J connectivity index is 1.31. The van der Waals surface area contributed by atoms with E-state index < -0.39 is 0 Å². The summed E-state index contributed by atoms with van der Waals surface area (Å²) < 4.78 is 1.48. The summed E-state index contributed by atoms with van der Waals surface area (Å²) in [7, 11) is 0. The number of β-amino-alcohol motifs (C(OH)–C–C–N with tert-alkyl or cyclic N) is 1. The van der Waals surface area contributed by atoms with E-state index >= 15 is 0 Å². The number of fused-ring (bicyclic) bond motifs is 3. The molecule has 4 fully saturated rings. The number of guanidine groups is 1. The molecule has 0 unspecified atom stereocenters. The lowest BCUT2D eigenvalue weighted by Crippen LogP contribution is -2.64. The molecule has 1 aliphatic heterocycles. The lowest BCUT2D eigenvalue weighted by Gasteiger charge is -2.62. The Labute approximate surface area is 266 Å². The van der Waals surface area contributed by atoms with Gasteiger partial charge in [0.2, 0.25) is 11.9 Å². The molecule has 10 nitrogen and oxygen atoms in total. The first-order valence-corrected chi connectivity index (χ1v) is 16.0. The quantitative estimate of drug-likeness (QED) is 0.167. The molecule has 3 aliphatic carbocycles. The van der Waals surface area contributed by atoms with E-state index in [9.17, 15) is 14.7 Å². The van der Waals surface area contributed by atoms with Crippen LogP contribution < -0.4 is 21.7 Å². The second kappa shape index (κ2) is 11.9. The summed E-state index contributed by atoms with van der Waals surface area (Å²) in [5.41, 5.74) is 7.37. The van der Waals surface area contributed by atoms with Crippen LogP contribution in [0.1, 0.15) is 46.1 Å². The molecular formula is C32H39Cl2N7O3. The molecule has 3 aromatic rings. The average molecular weight is 641 g/mol. The van der Waals surface area contributed by atoms with Gasteiger partial charge in [-0.25, -0.2) is 9.98 Å². The van der Waals surface area contributed by atoms with Crippen molar-refractivity contribution in [2.24, 2.45) is 28.2 Å². The Bertz CT molecular complexity index is 1680. The molecule has 2 aromatic carbocycles. The maximum absolute atomic E-state index is 13.7. The first kappa shape index (κ1) is 30.7. The molecule has 4 N–H and O–H groups in total. The number of hydrogen-bond acceptors (Lipinski definition) is 6. The van der Waals surface area contributed by atoms with E-state index in [0.29, 0.717) is 75.4 Å². The van der Waals surface area contributed by atoms with Gasteiger partial charge in [0.15, 0.2) is 5.96 Å². The number of benzene rings is 2. The van der Waals surface area contributed by atoms with Crippen LogP contribution in [0.2, 0.25) is 10.0 Å². The minimum atomic E-state index is -0.375. The van der Waals surface area contributed by atoms with E-state index in [0.717, 1.165) is 17.9 Å². The van der Waals surface area contributed by atoms with Crippen LogP contribution in [-0.4, -0.2) is 56.7 Å². The van der Waals surface area contributed by atoms with Gasteiger partial charge in [-0.05, 0) is 78.3 Å². The number of carbonyl (C=O) groups is 1. The molecule has 1 aromatic heterocycles. The first-order valence-electron chi connectivity index (χ1n) is 15.2. The zero-order valence-electron chi connectivity index (χ0n) is 25.4. The summed E-state index contributed by atoms with van der Waals surface area (Å²) in [6, 6.07) is 10.9. The van der Waals surface area contributed by atoms with E-state index in [-0.39, 0.29) is 30.1 Å². The zero-order chi connectivity index (χ0) is 31.3. The number of aliphatic hydroxyl groups excluding tert-OH is 1. The van der Waals surface area contributed by atoms with Crippen LogP contribution >= 0.6 is 23.2 Å². The van der Waals surface area contributed by atoms with Gasteiger partial charge < -0.3 is 15.3 Å². The highest BCUT2D eigenvalue weighted by atomic mass is 35.5. The van der Waals surface area contributed by atoms with E-state index in [1.165, 1.54) is 17.9 Å². The fourth-order valence-corrected chi connectivity index (χ4v) is 7.64. The molecule has 12 heteroatoms. The zero-order valence-corrected chi connectivity index (χ0v) is 26.9. The van der Waals surface area contributed by atoms with Crippen molar-refractivity contribution in [3.05, 3.63) is 62.4 Å². The maximum atomic E-state index is 13.7. The second-order valence-corrected chi connectivity index (χ2v) is 13.9. The van der Waals surface area contributed by atoms with Gasteiger partial charge in [-0.1, -0.05) is 50.0 Å². The molecule has 44 heavy (non-hydrogen) atoms. The van der Waals surface area contributed by atoms with E-state index in [1.807, 2.05) is 12.1 Å². The Morgan fingerprint density at radius 3 is 2.59 bits per heavy atom. The number of aromatic nitrogens is 2. The minimum Gasteiger partial charge on any atom is -0.389 e. The number of hydrazine groups is 1. The lowest BCUT2D eigenvalue weighted by atomic mass is 9.45. The molecule has 0 radical (unpaired) electrons. The van der Waals surface area contributed by atoms with Gasteiger partial charge in [0.25, 0.3) is 5.56 Å². The first-order chi connectivity index (χ1) is 20.9. The molecule has 1 amide bonds. The number of nitrogens with one attached hydrogen (secondary N) is 3. The number of anilines is 1. The van der Waals surface area contributed by atoms with Crippen molar-refractivity contribution in [1.82, 2.24) is 25.2 Å². The van der Waals surface area contributed by atoms with Gasteiger partial charge >= 0.3 is 0 Å². The average Bonchev–Trinajstić information content (AvgIpc) is 2.95. The smallest absolute Gasteiger partial charge is 0.262 e. The summed E-state index contributed by atoms with van der Waals surface area (Å²) in [6.45, 7) is 9.78. The highest BCUT2D eigenvalue weighted by Gasteiger charge is 2.56. The Morgan fingerprint density at radius 1 is 1.16 bits per heavy atom. The Kier molecular flexibility index (Phi) is 8.28. The standard InChI is InChI=1S/C32H39Cl2N7O3/c1-17-25-11-20(32(25,3)4)12-27(17)36-30(40-15-23(43)16-40)35-22-7-8-24-28(14-22)37-31(39-38-18(2)42)41(29(24)44)10-9-19-5-6-21(33)13-26(19)34/h5-8,13-14,17,20,23,25,27,43H,9-12,15-16H2,1-4H3,(H,35,36)(H,37,39)(H,38,42)/t17-,20-,25-,27+/m1/s1. The van der Waals surface area contributed by atoms with E-state index in [2.05, 4.69) is 41.8 Å². The number of nitrogens with zero attached hydrogens (tertiary/aromatic N) is 4. The molecule has 1 saturated heterocycles. The molecule has 7 rings (SSSR count). The molecule has 2 heterocycles. The molecule has 2 bridgehead atoms. The summed E-state index contributed by atoms with van der Waals surface area (Å²) in [6.07, 6.45) is 2.46. The van der Waals surface area contributed by atoms with Crippen molar-refractivity contribution in [2.45, 2.75) is 65.6 Å². The molecule has 3 saturated carbocycles. The molecule has 4 atom stereocenters. The van der Waals surface area contributed by atoms with Crippen LogP contribution in [0.5, 0.6) is 0 Å². The van der Waals surface area contributed by atoms with Crippen molar-refractivity contribution in [3.63, 3.8) is 0 Å². The van der Waals surface area contributed by atoms with Crippen molar-refractivity contribution in [3.8, 4) is 0 Å². The molecule has 4 aliphatic rings. The second-order valence-electron chi connectivity index (χ2n) is 13.1. The van der Waals surface area contributed by atoms with Crippen LogP contribution in [0.25, 0.3) is 10.9 Å². The van der Waals surface area contributed by atoms with Crippen LogP contribution in [0, 0.1) is 23.2 Å². The van der Waals surface area contributed by atoms with Gasteiger partial charge in [0, 0.05) is 42.6 Å². The number of likely N-dealkylation sites (tertiary alicyclic amines) is 1. The predicted octanol–water partition coefficient (Wildman–Crippen LogP) is 4.73. The minimum absolute atomic E-state index is 0.200. The van der Waals surface area contributed by atoms with Gasteiger partial charge in [0.1, 0.15) is 0 Å². The van der Waals surface area contributed by atoms with Crippen molar-refractivity contribution in [1.29, 1.82) is 0 Å². The summed E-state index contributed by atoms with van der Waals surface area (Å²) in [5.74, 6) is 2.49. The number of rotatable bonds is 7. The highest BCUT2D eigenvalue weighted by molar-refractivity contribution is 6.35. The fraction of sp³-hybridized carbons (Fsp3) is 0.500. The predicted molar refractivity (Wildman–Crippen MR) is 174 cm³/mol. The number of halogens is 2. The normalized spacial score (nSPS) is 24.4. The van der Waals surface area contributed by atoms with Gasteiger partial charge in [-0.15, -0.1) is 0 Å². The van der Waals surface area contributed by atoms with Gasteiger partial charge in [0.05, 0.1) is 22.7 Å². The van der Waals surface area contributed by atoms with Gasteiger partial charge in [-0.3, -0.25) is 25.0 Å². The summed E-state index contributed by atoms with van der Waals surface area (Å²) in [5, 5.41) is 15.3. The molecular weight excluding hydrogens is 601 g/mol. The van der Waals surface area contributed by atoms with E-state index in [4.69, 9.17) is 33.2 Å². The number of hydrogen-bond donors (Lipinski definition) is 4. The summed E-state index contributed by atoms with van der Waals surface area (Å²) in [4.78, 5) is 37.2. The SMILES string of the molecule is CC(=O)NNc1nc2cc(N=C(N[C@H]3C[C@H]4C[C@H]([C@H]3C)C4(C)C)N3CC(O)C3)ccc2c(=O)n1CCc1ccc(Cl)cc1Cl. The number of aryl methyl sites for hydroxylation is 1. The third kappa shape index (κ3) is 5.87. The largest absolute Gasteiger partial charge is 0.389 e. The topological polar surface area (TPSA) is 124 Å². The monoisotopic (exact) mass is 639 g/mol. The third-order valence-corrected chi connectivity index (χ3v) is 10.6. The number of aliphatic imine (C=N–C) groups is 1. The van der Waals surface area contributed by atoms with Crippen LogP contribution in [0.4, 0.5) is 11.6 Å². The third-order valence-electron chi connectivity index (χ3n) is 9.97.